The Morgan fingerprint density at radius 3 is 2.54 bits per heavy atom. The molecule has 1 aliphatic carbocycles. The Bertz CT molecular complexity index is 1110. The number of benzene rings is 2. The molecule has 1 N–H and O–H groups in total. The van der Waals surface area contributed by atoms with Gasteiger partial charge in [-0.1, -0.05) is 18.2 Å². The third-order valence-corrected chi connectivity index (χ3v) is 7.76. The summed E-state index contributed by atoms with van der Waals surface area (Å²) in [6.07, 6.45) is 6.02. The number of nitrogens with zero attached hydrogens (tertiary/aromatic N) is 1. The van der Waals surface area contributed by atoms with Crippen molar-refractivity contribution >= 4 is 8.15 Å². The topological polar surface area (TPSA) is 51.6 Å². The van der Waals surface area contributed by atoms with E-state index in [-0.39, 0.29) is 0 Å². The molecule has 3 aromatic rings. The summed E-state index contributed by atoms with van der Waals surface area (Å²) in [5.74, 6) is 2.22. The SMILES string of the molecule is COc1ccc(-c2cc(C)nc(F)c2)c(C2CCC(COc3cccc(CCP(C)O)c3)CC2)c1. The van der Waals surface area contributed by atoms with Crippen LogP contribution in [0.25, 0.3) is 11.1 Å². The van der Waals surface area contributed by atoms with E-state index in [1.807, 2.05) is 43.9 Å². The maximum atomic E-state index is 14.1. The van der Waals surface area contributed by atoms with Crippen molar-refractivity contribution in [3.05, 3.63) is 77.4 Å². The average Bonchev–Trinajstić information content (AvgIpc) is 2.86. The number of rotatable bonds is 9. The molecular weight excluding hydrogens is 460 g/mol. The van der Waals surface area contributed by atoms with E-state index >= 15 is 0 Å². The first-order valence-electron chi connectivity index (χ1n) is 12.4. The van der Waals surface area contributed by atoms with Gasteiger partial charge < -0.3 is 14.4 Å². The summed E-state index contributed by atoms with van der Waals surface area (Å²) in [4.78, 5) is 13.5. The number of halogens is 1. The molecule has 186 valence electrons. The Morgan fingerprint density at radius 1 is 1.03 bits per heavy atom. The Labute approximate surface area is 209 Å². The maximum absolute atomic E-state index is 14.1. The van der Waals surface area contributed by atoms with Gasteiger partial charge in [-0.3, -0.25) is 0 Å². The number of aromatic nitrogens is 1. The Balaban J connectivity index is 1.40. The van der Waals surface area contributed by atoms with Crippen LogP contribution in [0, 0.1) is 18.8 Å². The van der Waals surface area contributed by atoms with Gasteiger partial charge in [0, 0.05) is 19.9 Å². The quantitative estimate of drug-likeness (QED) is 0.254. The van der Waals surface area contributed by atoms with E-state index in [1.54, 1.807) is 7.11 Å². The maximum Gasteiger partial charge on any atom is 0.213 e. The highest BCUT2D eigenvalue weighted by molar-refractivity contribution is 7.50. The zero-order valence-electron chi connectivity index (χ0n) is 20.8. The monoisotopic (exact) mass is 495 g/mol. The van der Waals surface area contributed by atoms with E-state index in [4.69, 9.17) is 9.47 Å². The molecule has 0 aliphatic heterocycles. The van der Waals surface area contributed by atoms with Crippen LogP contribution in [-0.4, -0.2) is 36.4 Å². The molecule has 1 atom stereocenters. The lowest BCUT2D eigenvalue weighted by Crippen LogP contribution is -2.19. The molecule has 4 rings (SSSR count). The average molecular weight is 496 g/mol. The summed E-state index contributed by atoms with van der Waals surface area (Å²) < 4.78 is 25.7. The minimum Gasteiger partial charge on any atom is -0.497 e. The van der Waals surface area contributed by atoms with Crippen LogP contribution in [0.1, 0.15) is 48.4 Å². The van der Waals surface area contributed by atoms with Crippen LogP contribution in [0.3, 0.4) is 0 Å². The predicted octanol–water partition coefficient (Wildman–Crippen LogP) is 7.12. The van der Waals surface area contributed by atoms with Gasteiger partial charge in [0.25, 0.3) is 0 Å². The molecule has 1 heterocycles. The Kier molecular flexibility index (Phi) is 8.75. The van der Waals surface area contributed by atoms with E-state index in [1.165, 1.54) is 17.2 Å². The van der Waals surface area contributed by atoms with Crippen LogP contribution in [0.15, 0.2) is 54.6 Å². The van der Waals surface area contributed by atoms with Crippen molar-refractivity contribution in [2.75, 3.05) is 26.5 Å². The molecule has 35 heavy (non-hydrogen) atoms. The molecule has 0 saturated heterocycles. The lowest BCUT2D eigenvalue weighted by Gasteiger charge is -2.30. The normalized spacial score (nSPS) is 18.8. The van der Waals surface area contributed by atoms with Gasteiger partial charge in [-0.2, -0.15) is 4.39 Å². The van der Waals surface area contributed by atoms with Gasteiger partial charge in [-0.05, 0) is 116 Å². The third-order valence-electron chi connectivity index (χ3n) is 6.89. The molecule has 0 bridgehead atoms. The van der Waals surface area contributed by atoms with Crippen molar-refractivity contribution < 1.29 is 18.8 Å². The molecule has 6 heteroatoms. The second-order valence-electron chi connectivity index (χ2n) is 9.58. The second-order valence-corrected chi connectivity index (χ2v) is 11.3. The molecule has 1 saturated carbocycles. The van der Waals surface area contributed by atoms with Crippen LogP contribution >= 0.6 is 8.15 Å². The first kappa shape index (κ1) is 25.6. The third kappa shape index (κ3) is 7.02. The number of hydrogen-bond donors (Lipinski definition) is 1. The summed E-state index contributed by atoms with van der Waals surface area (Å²) in [6.45, 7) is 4.43. The lowest BCUT2D eigenvalue weighted by atomic mass is 9.77. The van der Waals surface area contributed by atoms with Crippen molar-refractivity contribution in [1.29, 1.82) is 0 Å². The van der Waals surface area contributed by atoms with E-state index < -0.39 is 14.1 Å². The van der Waals surface area contributed by atoms with Crippen molar-refractivity contribution in [2.24, 2.45) is 5.92 Å². The smallest absolute Gasteiger partial charge is 0.213 e. The largest absolute Gasteiger partial charge is 0.497 e. The van der Waals surface area contributed by atoms with Crippen molar-refractivity contribution in [1.82, 2.24) is 4.98 Å². The van der Waals surface area contributed by atoms with Gasteiger partial charge in [-0.15, -0.1) is 0 Å². The minimum atomic E-state index is -0.870. The van der Waals surface area contributed by atoms with E-state index in [0.29, 0.717) is 17.5 Å². The molecule has 0 spiro atoms. The van der Waals surface area contributed by atoms with Gasteiger partial charge in [-0.25, -0.2) is 4.98 Å². The molecular formula is C29H35FNO3P. The van der Waals surface area contributed by atoms with Gasteiger partial charge in [0.15, 0.2) is 0 Å². The zero-order valence-corrected chi connectivity index (χ0v) is 21.7. The fraction of sp³-hybridized carbons (Fsp3) is 0.414. The molecule has 0 amide bonds. The van der Waals surface area contributed by atoms with Gasteiger partial charge >= 0.3 is 0 Å². The second kappa shape index (κ2) is 12.0. The van der Waals surface area contributed by atoms with Gasteiger partial charge in [0.05, 0.1) is 13.7 Å². The number of ether oxygens (including phenoxy) is 2. The molecule has 2 aromatic carbocycles. The molecule has 4 nitrogen and oxygen atoms in total. The Morgan fingerprint density at radius 2 is 1.83 bits per heavy atom. The molecule has 1 aliphatic rings. The summed E-state index contributed by atoms with van der Waals surface area (Å²) in [5, 5.41) is 0. The summed E-state index contributed by atoms with van der Waals surface area (Å²) in [7, 11) is 0.814. The van der Waals surface area contributed by atoms with E-state index in [0.717, 1.165) is 67.5 Å². The number of methoxy groups -OCH3 is 1. The van der Waals surface area contributed by atoms with Crippen LogP contribution in [0.5, 0.6) is 11.5 Å². The number of aryl methyl sites for hydroxylation is 2. The molecule has 1 fully saturated rings. The fourth-order valence-electron chi connectivity index (χ4n) is 4.99. The standard InChI is InChI=1S/C29H35FNO3P/c1-20-15-24(17-29(30)31-20)27-12-11-25(33-2)18-28(27)23-9-7-22(8-10-23)19-34-26-6-4-5-21(16-26)13-14-35(3)32/h4-6,11-12,15-18,22-23,32H,7-10,13-14,19H2,1-3H3. The first-order valence-corrected chi connectivity index (χ1v) is 14.3. The molecule has 0 radical (unpaired) electrons. The van der Waals surface area contributed by atoms with Crippen molar-refractivity contribution in [2.45, 2.75) is 44.9 Å². The lowest BCUT2D eigenvalue weighted by molar-refractivity contribution is 0.200. The number of hydrogen-bond acceptors (Lipinski definition) is 4. The van der Waals surface area contributed by atoms with Gasteiger partial charge in [0.1, 0.15) is 11.5 Å². The minimum absolute atomic E-state index is 0.402. The highest BCUT2D eigenvalue weighted by atomic mass is 31.1. The van der Waals surface area contributed by atoms with Crippen molar-refractivity contribution in [3.63, 3.8) is 0 Å². The summed E-state index contributed by atoms with van der Waals surface area (Å²) in [6, 6.07) is 17.8. The van der Waals surface area contributed by atoms with Crippen LogP contribution in [0.4, 0.5) is 4.39 Å². The van der Waals surface area contributed by atoms with E-state index in [2.05, 4.69) is 23.2 Å². The highest BCUT2D eigenvalue weighted by Gasteiger charge is 2.25. The molecule has 1 aromatic heterocycles. The van der Waals surface area contributed by atoms with Crippen LogP contribution in [0.2, 0.25) is 0 Å². The van der Waals surface area contributed by atoms with E-state index in [9.17, 15) is 9.28 Å². The molecule has 1 unspecified atom stereocenters. The van der Waals surface area contributed by atoms with Crippen LogP contribution in [-0.2, 0) is 6.42 Å². The predicted molar refractivity (Wildman–Crippen MR) is 141 cm³/mol. The summed E-state index contributed by atoms with van der Waals surface area (Å²) >= 11 is 0. The summed E-state index contributed by atoms with van der Waals surface area (Å²) in [5.41, 5.74) is 5.04. The van der Waals surface area contributed by atoms with Crippen LogP contribution < -0.4 is 9.47 Å². The Hall–Kier alpha value is -2.49. The highest BCUT2D eigenvalue weighted by Crippen LogP contribution is 2.41. The number of pyridine rings is 1. The van der Waals surface area contributed by atoms with Crippen molar-refractivity contribution in [3.8, 4) is 22.6 Å². The van der Waals surface area contributed by atoms with Gasteiger partial charge in [0.2, 0.25) is 5.95 Å². The fourth-order valence-corrected chi connectivity index (χ4v) is 5.57. The first-order chi connectivity index (χ1) is 16.9. The zero-order chi connectivity index (χ0) is 24.8.